The zero-order valence-electron chi connectivity index (χ0n) is 12.0. The topological polar surface area (TPSA) is 67.4 Å². The number of aryl methyl sites for hydroxylation is 1. The maximum absolute atomic E-state index is 11.9. The van der Waals surface area contributed by atoms with Crippen LogP contribution < -0.4 is 15.0 Å². The molecule has 0 aliphatic carbocycles. The molecule has 0 atom stereocenters. The van der Waals surface area contributed by atoms with Crippen LogP contribution in [0.1, 0.15) is 12.0 Å². The van der Waals surface area contributed by atoms with E-state index in [2.05, 4.69) is 15.3 Å². The molecular weight excluding hydrogens is 268 g/mol. The van der Waals surface area contributed by atoms with Crippen LogP contribution in [0, 0.1) is 6.92 Å². The summed E-state index contributed by atoms with van der Waals surface area (Å²) in [5, 5.41) is 2.82. The Hall–Kier alpha value is -2.63. The smallest absolute Gasteiger partial charge is 0.242 e. The van der Waals surface area contributed by atoms with Crippen molar-refractivity contribution in [1.29, 1.82) is 0 Å². The number of fused-ring (bicyclic) bond motifs is 1. The number of carbonyl (C=O) groups excluding carboxylic acids is 1. The molecule has 0 spiro atoms. The Morgan fingerprint density at radius 1 is 1.24 bits per heavy atom. The third-order valence-electron chi connectivity index (χ3n) is 3.41. The van der Waals surface area contributed by atoms with Gasteiger partial charge < -0.3 is 15.0 Å². The van der Waals surface area contributed by atoms with E-state index in [4.69, 9.17) is 4.74 Å². The third kappa shape index (κ3) is 2.52. The van der Waals surface area contributed by atoms with Crippen molar-refractivity contribution >= 4 is 23.1 Å². The molecular formula is C15H16N4O2. The second-order valence-electron chi connectivity index (χ2n) is 4.87. The minimum absolute atomic E-state index is 0.0704. The van der Waals surface area contributed by atoms with E-state index in [9.17, 15) is 4.79 Å². The highest BCUT2D eigenvalue weighted by atomic mass is 16.5. The van der Waals surface area contributed by atoms with Crippen molar-refractivity contribution in [2.24, 2.45) is 0 Å². The Kier molecular flexibility index (Phi) is 3.43. The van der Waals surface area contributed by atoms with E-state index in [-0.39, 0.29) is 5.91 Å². The molecule has 1 aliphatic heterocycles. The first kappa shape index (κ1) is 13.4. The van der Waals surface area contributed by atoms with Gasteiger partial charge in [0, 0.05) is 18.7 Å². The molecule has 1 aliphatic rings. The molecule has 1 aromatic carbocycles. The molecule has 1 aromatic heterocycles. The predicted molar refractivity (Wildman–Crippen MR) is 80.0 cm³/mol. The van der Waals surface area contributed by atoms with Crippen molar-refractivity contribution in [1.82, 2.24) is 9.97 Å². The summed E-state index contributed by atoms with van der Waals surface area (Å²) in [5.74, 6) is 0.947. The van der Waals surface area contributed by atoms with Gasteiger partial charge >= 0.3 is 0 Å². The van der Waals surface area contributed by atoms with Crippen LogP contribution in [0.5, 0.6) is 5.88 Å². The number of nitrogens with zero attached hydrogens (tertiary/aromatic N) is 3. The molecule has 0 fully saturated rings. The van der Waals surface area contributed by atoms with Crippen LogP contribution in [0.25, 0.3) is 0 Å². The molecule has 0 unspecified atom stereocenters. The number of anilines is 3. The first-order valence-electron chi connectivity index (χ1n) is 6.72. The molecule has 3 rings (SSSR count). The minimum atomic E-state index is -0.0704. The molecule has 2 aromatic rings. The molecule has 1 N–H and O–H groups in total. The highest BCUT2D eigenvalue weighted by Crippen LogP contribution is 2.37. The Labute approximate surface area is 122 Å². The second kappa shape index (κ2) is 5.40. The fraction of sp³-hybridized carbons (Fsp3) is 0.267. The van der Waals surface area contributed by atoms with Crippen LogP contribution in [0.15, 0.2) is 30.6 Å². The van der Waals surface area contributed by atoms with Gasteiger partial charge in [0.2, 0.25) is 11.8 Å². The number of hydrogen-bond donors (Lipinski definition) is 1. The summed E-state index contributed by atoms with van der Waals surface area (Å²) in [6.45, 7) is 2.60. The lowest BCUT2D eigenvalue weighted by molar-refractivity contribution is -0.115. The lowest BCUT2D eigenvalue weighted by atomic mass is 10.2. The van der Waals surface area contributed by atoms with Crippen LogP contribution in [0.3, 0.4) is 0 Å². The molecule has 1 amide bonds. The second-order valence-corrected chi connectivity index (χ2v) is 4.87. The highest BCUT2D eigenvalue weighted by molar-refractivity contribution is 5.98. The van der Waals surface area contributed by atoms with Crippen molar-refractivity contribution < 1.29 is 9.53 Å². The summed E-state index contributed by atoms with van der Waals surface area (Å²) in [6, 6.07) is 8.11. The van der Waals surface area contributed by atoms with Crippen molar-refractivity contribution in [3.63, 3.8) is 0 Å². The lowest BCUT2D eigenvalue weighted by Crippen LogP contribution is -2.19. The van der Waals surface area contributed by atoms with Crippen molar-refractivity contribution in [3.8, 4) is 5.88 Å². The van der Waals surface area contributed by atoms with E-state index in [1.807, 2.05) is 36.1 Å². The number of methoxy groups -OCH3 is 1. The number of rotatable bonds is 2. The van der Waals surface area contributed by atoms with Crippen LogP contribution in [0.2, 0.25) is 0 Å². The zero-order valence-corrected chi connectivity index (χ0v) is 12.0. The molecule has 108 valence electrons. The SMILES string of the molecule is COc1ncnc2c1NC(=O)CCN2c1ccc(C)cc1. The summed E-state index contributed by atoms with van der Waals surface area (Å²) in [5.41, 5.74) is 2.69. The molecule has 2 heterocycles. The number of benzene rings is 1. The quantitative estimate of drug-likeness (QED) is 0.916. The predicted octanol–water partition coefficient (Wildman–Crippen LogP) is 2.27. The average molecular weight is 284 g/mol. The Morgan fingerprint density at radius 2 is 2.00 bits per heavy atom. The first-order chi connectivity index (χ1) is 10.2. The maximum Gasteiger partial charge on any atom is 0.242 e. The standard InChI is InChI=1S/C15H16N4O2/c1-10-3-5-11(6-4-10)19-8-7-12(20)18-13-14(19)16-9-17-15(13)21-2/h3-6,9H,7-8H2,1-2H3,(H,18,20). The van der Waals surface area contributed by atoms with Crippen LogP contribution >= 0.6 is 0 Å². The molecule has 6 heteroatoms. The largest absolute Gasteiger partial charge is 0.479 e. The number of carbonyl (C=O) groups is 1. The summed E-state index contributed by atoms with van der Waals surface area (Å²) in [4.78, 5) is 22.3. The van der Waals surface area contributed by atoms with Gasteiger partial charge in [-0.2, -0.15) is 4.98 Å². The van der Waals surface area contributed by atoms with E-state index in [1.165, 1.54) is 19.0 Å². The third-order valence-corrected chi connectivity index (χ3v) is 3.41. The minimum Gasteiger partial charge on any atom is -0.479 e. The summed E-state index contributed by atoms with van der Waals surface area (Å²) in [6.07, 6.45) is 1.82. The first-order valence-corrected chi connectivity index (χ1v) is 6.72. The molecule has 0 saturated heterocycles. The zero-order chi connectivity index (χ0) is 14.8. The van der Waals surface area contributed by atoms with Crippen molar-refractivity contribution in [2.75, 3.05) is 23.9 Å². The van der Waals surface area contributed by atoms with Crippen molar-refractivity contribution in [2.45, 2.75) is 13.3 Å². The number of ether oxygens (including phenoxy) is 1. The Bertz CT molecular complexity index is 670. The van der Waals surface area contributed by atoms with E-state index in [1.54, 1.807) is 0 Å². The van der Waals surface area contributed by atoms with Gasteiger partial charge in [0.25, 0.3) is 0 Å². The number of amides is 1. The molecule has 21 heavy (non-hydrogen) atoms. The summed E-state index contributed by atoms with van der Waals surface area (Å²) >= 11 is 0. The van der Waals surface area contributed by atoms with Gasteiger partial charge in [0.05, 0.1) is 7.11 Å². The van der Waals surface area contributed by atoms with E-state index in [0.29, 0.717) is 30.4 Å². The fourth-order valence-corrected chi connectivity index (χ4v) is 2.33. The molecule has 0 saturated carbocycles. The monoisotopic (exact) mass is 284 g/mol. The Morgan fingerprint density at radius 3 is 2.71 bits per heavy atom. The van der Waals surface area contributed by atoms with Crippen molar-refractivity contribution in [3.05, 3.63) is 36.2 Å². The van der Waals surface area contributed by atoms with Crippen LogP contribution in [-0.2, 0) is 4.79 Å². The van der Waals surface area contributed by atoms with Gasteiger partial charge in [0.15, 0.2) is 5.82 Å². The maximum atomic E-state index is 11.9. The summed E-state index contributed by atoms with van der Waals surface area (Å²) in [7, 11) is 1.52. The Balaban J connectivity index is 2.11. The lowest BCUT2D eigenvalue weighted by Gasteiger charge is -2.23. The van der Waals surface area contributed by atoms with Gasteiger partial charge in [0.1, 0.15) is 12.0 Å². The average Bonchev–Trinajstić information content (AvgIpc) is 2.66. The fourth-order valence-electron chi connectivity index (χ4n) is 2.33. The number of aromatic nitrogens is 2. The number of hydrogen-bond acceptors (Lipinski definition) is 5. The van der Waals surface area contributed by atoms with Gasteiger partial charge in [-0.25, -0.2) is 4.98 Å². The van der Waals surface area contributed by atoms with Gasteiger partial charge in [-0.3, -0.25) is 4.79 Å². The number of nitrogens with one attached hydrogen (secondary N) is 1. The highest BCUT2D eigenvalue weighted by Gasteiger charge is 2.25. The normalized spacial score (nSPS) is 14.2. The van der Waals surface area contributed by atoms with E-state index >= 15 is 0 Å². The molecule has 0 radical (unpaired) electrons. The summed E-state index contributed by atoms with van der Waals surface area (Å²) < 4.78 is 5.23. The molecule has 6 nitrogen and oxygen atoms in total. The van der Waals surface area contributed by atoms with E-state index < -0.39 is 0 Å². The van der Waals surface area contributed by atoms with Crippen LogP contribution in [-0.4, -0.2) is 29.5 Å². The molecule has 0 bridgehead atoms. The van der Waals surface area contributed by atoms with Gasteiger partial charge in [-0.1, -0.05) is 17.7 Å². The van der Waals surface area contributed by atoms with Crippen LogP contribution in [0.4, 0.5) is 17.2 Å². The van der Waals surface area contributed by atoms with E-state index in [0.717, 1.165) is 5.69 Å². The van der Waals surface area contributed by atoms with Gasteiger partial charge in [-0.15, -0.1) is 0 Å². The van der Waals surface area contributed by atoms with Gasteiger partial charge in [-0.05, 0) is 19.1 Å².